The molecular formula is C19H27N3O3. The quantitative estimate of drug-likeness (QED) is 0.907. The average Bonchev–Trinajstić information content (AvgIpc) is 2.67. The molecular weight excluding hydrogens is 318 g/mol. The van der Waals surface area contributed by atoms with E-state index in [9.17, 15) is 14.4 Å². The Morgan fingerprint density at radius 3 is 2.40 bits per heavy atom. The summed E-state index contributed by atoms with van der Waals surface area (Å²) in [4.78, 5) is 42.6. The average molecular weight is 345 g/mol. The molecule has 0 radical (unpaired) electrons. The number of carbonyl (C=O) groups excluding carboxylic acids is 2. The standard InChI is InChI=1S/C19H27N3O3/c23-17(9-8-15-5-2-1-3-6-15)21-11-13-22(14-12-21)19(25)16-7-4-10-20-18(16)24/h4,7,10,15H,1-3,5-6,8-9,11-14H2,(H,20,24). The van der Waals surface area contributed by atoms with Crippen molar-refractivity contribution in [3.05, 3.63) is 34.2 Å². The van der Waals surface area contributed by atoms with Gasteiger partial charge in [0.2, 0.25) is 5.91 Å². The molecule has 6 heteroatoms. The highest BCUT2D eigenvalue weighted by atomic mass is 16.2. The Kier molecular flexibility index (Phi) is 5.89. The molecule has 136 valence electrons. The summed E-state index contributed by atoms with van der Waals surface area (Å²) in [6, 6.07) is 3.20. The molecule has 1 saturated carbocycles. The summed E-state index contributed by atoms with van der Waals surface area (Å²) in [6.45, 7) is 2.09. The van der Waals surface area contributed by atoms with Crippen molar-refractivity contribution in [2.45, 2.75) is 44.9 Å². The first-order valence-corrected chi connectivity index (χ1v) is 9.40. The van der Waals surface area contributed by atoms with Crippen LogP contribution in [0.3, 0.4) is 0 Å². The highest BCUT2D eigenvalue weighted by Crippen LogP contribution is 2.27. The number of aromatic nitrogens is 1. The van der Waals surface area contributed by atoms with E-state index in [0.29, 0.717) is 38.5 Å². The minimum absolute atomic E-state index is 0.166. The summed E-state index contributed by atoms with van der Waals surface area (Å²) in [5, 5.41) is 0. The van der Waals surface area contributed by atoms with E-state index in [0.717, 1.165) is 6.42 Å². The van der Waals surface area contributed by atoms with Crippen molar-refractivity contribution in [2.24, 2.45) is 5.92 Å². The van der Waals surface area contributed by atoms with Gasteiger partial charge in [-0.05, 0) is 24.5 Å². The first-order chi connectivity index (χ1) is 12.1. The van der Waals surface area contributed by atoms with Crippen molar-refractivity contribution >= 4 is 11.8 Å². The number of rotatable bonds is 4. The highest BCUT2D eigenvalue weighted by molar-refractivity contribution is 5.94. The number of pyridine rings is 1. The van der Waals surface area contributed by atoms with Crippen LogP contribution in [-0.2, 0) is 4.79 Å². The molecule has 3 rings (SSSR count). The van der Waals surface area contributed by atoms with Crippen molar-refractivity contribution in [3.8, 4) is 0 Å². The fraction of sp³-hybridized carbons (Fsp3) is 0.632. The molecule has 0 spiro atoms. The molecule has 1 N–H and O–H groups in total. The molecule has 0 unspecified atom stereocenters. The van der Waals surface area contributed by atoms with Crippen LogP contribution in [0.25, 0.3) is 0 Å². The van der Waals surface area contributed by atoms with Gasteiger partial charge in [0.25, 0.3) is 11.5 Å². The predicted octanol–water partition coefficient (Wildman–Crippen LogP) is 2.02. The van der Waals surface area contributed by atoms with Crippen molar-refractivity contribution in [3.63, 3.8) is 0 Å². The molecule has 1 aliphatic heterocycles. The van der Waals surface area contributed by atoms with Gasteiger partial charge < -0.3 is 14.8 Å². The third-order valence-electron chi connectivity index (χ3n) is 5.46. The van der Waals surface area contributed by atoms with Crippen LogP contribution in [0.2, 0.25) is 0 Å². The highest BCUT2D eigenvalue weighted by Gasteiger charge is 2.26. The lowest BCUT2D eigenvalue weighted by Crippen LogP contribution is -2.51. The van der Waals surface area contributed by atoms with Crippen LogP contribution in [0.1, 0.15) is 55.3 Å². The van der Waals surface area contributed by atoms with E-state index in [2.05, 4.69) is 4.98 Å². The zero-order valence-electron chi connectivity index (χ0n) is 14.7. The summed E-state index contributed by atoms with van der Waals surface area (Å²) in [5.74, 6) is 0.664. The van der Waals surface area contributed by atoms with Gasteiger partial charge in [-0.3, -0.25) is 14.4 Å². The minimum Gasteiger partial charge on any atom is -0.339 e. The van der Waals surface area contributed by atoms with E-state index < -0.39 is 0 Å². The van der Waals surface area contributed by atoms with E-state index in [1.54, 1.807) is 17.0 Å². The zero-order valence-corrected chi connectivity index (χ0v) is 14.7. The van der Waals surface area contributed by atoms with Crippen LogP contribution < -0.4 is 5.56 Å². The van der Waals surface area contributed by atoms with Crippen molar-refractivity contribution in [2.75, 3.05) is 26.2 Å². The van der Waals surface area contributed by atoms with Gasteiger partial charge in [0.1, 0.15) is 5.56 Å². The van der Waals surface area contributed by atoms with Crippen molar-refractivity contribution in [1.82, 2.24) is 14.8 Å². The van der Waals surface area contributed by atoms with Gasteiger partial charge in [-0.25, -0.2) is 0 Å². The molecule has 1 aliphatic carbocycles. The molecule has 0 atom stereocenters. The van der Waals surface area contributed by atoms with Gasteiger partial charge in [-0.1, -0.05) is 32.1 Å². The lowest BCUT2D eigenvalue weighted by Gasteiger charge is -2.35. The van der Waals surface area contributed by atoms with Gasteiger partial charge in [0, 0.05) is 38.8 Å². The Hall–Kier alpha value is -2.11. The van der Waals surface area contributed by atoms with Crippen LogP contribution in [-0.4, -0.2) is 52.8 Å². The van der Waals surface area contributed by atoms with Gasteiger partial charge in [0.05, 0.1) is 0 Å². The number of carbonyl (C=O) groups is 2. The van der Waals surface area contributed by atoms with E-state index in [1.807, 2.05) is 4.90 Å². The van der Waals surface area contributed by atoms with Crippen molar-refractivity contribution in [1.29, 1.82) is 0 Å². The third kappa shape index (κ3) is 4.50. The molecule has 25 heavy (non-hydrogen) atoms. The number of nitrogens with one attached hydrogen (secondary N) is 1. The summed E-state index contributed by atoms with van der Waals surface area (Å²) in [5.41, 5.74) is -0.196. The molecule has 2 heterocycles. The molecule has 6 nitrogen and oxygen atoms in total. The molecule has 0 bridgehead atoms. The predicted molar refractivity (Wildman–Crippen MR) is 95.4 cm³/mol. The van der Waals surface area contributed by atoms with Crippen LogP contribution >= 0.6 is 0 Å². The number of hydrogen-bond acceptors (Lipinski definition) is 3. The lowest BCUT2D eigenvalue weighted by molar-refractivity contribution is -0.133. The lowest BCUT2D eigenvalue weighted by atomic mass is 9.86. The Labute approximate surface area is 148 Å². The van der Waals surface area contributed by atoms with Crippen LogP contribution in [0, 0.1) is 5.92 Å². The monoisotopic (exact) mass is 345 g/mol. The Balaban J connectivity index is 1.46. The number of H-pyrrole nitrogens is 1. The third-order valence-corrected chi connectivity index (χ3v) is 5.46. The Morgan fingerprint density at radius 2 is 1.72 bits per heavy atom. The number of hydrogen-bond donors (Lipinski definition) is 1. The molecule has 1 aromatic rings. The summed E-state index contributed by atoms with van der Waals surface area (Å²) in [7, 11) is 0. The van der Waals surface area contributed by atoms with Crippen LogP contribution in [0.15, 0.2) is 23.1 Å². The number of piperazine rings is 1. The van der Waals surface area contributed by atoms with E-state index in [1.165, 1.54) is 38.3 Å². The maximum Gasteiger partial charge on any atom is 0.260 e. The first-order valence-electron chi connectivity index (χ1n) is 9.40. The van der Waals surface area contributed by atoms with Crippen LogP contribution in [0.5, 0.6) is 0 Å². The first kappa shape index (κ1) is 17.7. The summed E-state index contributed by atoms with van der Waals surface area (Å²) < 4.78 is 0. The number of nitrogens with zero attached hydrogens (tertiary/aromatic N) is 2. The maximum atomic E-state index is 12.4. The number of amides is 2. The van der Waals surface area contributed by atoms with E-state index >= 15 is 0 Å². The molecule has 2 amide bonds. The Morgan fingerprint density at radius 1 is 1.04 bits per heavy atom. The van der Waals surface area contributed by atoms with Gasteiger partial charge in [-0.15, -0.1) is 0 Å². The topological polar surface area (TPSA) is 73.5 Å². The maximum absolute atomic E-state index is 12.4. The summed E-state index contributed by atoms with van der Waals surface area (Å²) in [6.07, 6.45) is 9.61. The molecule has 1 saturated heterocycles. The van der Waals surface area contributed by atoms with Gasteiger partial charge in [0.15, 0.2) is 0 Å². The molecule has 2 aliphatic rings. The zero-order chi connectivity index (χ0) is 17.6. The van der Waals surface area contributed by atoms with E-state index in [4.69, 9.17) is 0 Å². The van der Waals surface area contributed by atoms with Gasteiger partial charge in [-0.2, -0.15) is 0 Å². The van der Waals surface area contributed by atoms with Crippen molar-refractivity contribution < 1.29 is 9.59 Å². The largest absolute Gasteiger partial charge is 0.339 e. The second-order valence-corrected chi connectivity index (χ2v) is 7.13. The van der Waals surface area contributed by atoms with Crippen LogP contribution in [0.4, 0.5) is 0 Å². The Bertz CT molecular complexity index is 656. The fourth-order valence-corrected chi connectivity index (χ4v) is 3.88. The van der Waals surface area contributed by atoms with Gasteiger partial charge >= 0.3 is 0 Å². The second kappa shape index (κ2) is 8.32. The smallest absolute Gasteiger partial charge is 0.260 e. The minimum atomic E-state index is -0.363. The fourth-order valence-electron chi connectivity index (χ4n) is 3.88. The summed E-state index contributed by atoms with van der Waals surface area (Å²) >= 11 is 0. The SMILES string of the molecule is O=C(CCC1CCCCC1)N1CCN(C(=O)c2ccc[nH]c2=O)CC1. The molecule has 1 aromatic heterocycles. The van der Waals surface area contributed by atoms with E-state index in [-0.39, 0.29) is 22.9 Å². The normalized spacial score (nSPS) is 19.0. The second-order valence-electron chi connectivity index (χ2n) is 7.13. The molecule has 2 fully saturated rings. The molecule has 0 aromatic carbocycles. The number of aromatic amines is 1.